The van der Waals surface area contributed by atoms with Crippen molar-refractivity contribution in [3.63, 3.8) is 0 Å². The molecule has 1 aliphatic heterocycles. The smallest absolute Gasteiger partial charge is 0.256 e. The third-order valence-corrected chi connectivity index (χ3v) is 4.65. The van der Waals surface area contributed by atoms with Gasteiger partial charge in [-0.1, -0.05) is 54.6 Å². The molecule has 2 aromatic carbocycles. The summed E-state index contributed by atoms with van der Waals surface area (Å²) in [4.78, 5) is 19.1. The van der Waals surface area contributed by atoms with Gasteiger partial charge in [-0.05, 0) is 17.4 Å². The van der Waals surface area contributed by atoms with Gasteiger partial charge >= 0.3 is 0 Å². The van der Waals surface area contributed by atoms with E-state index in [1.807, 2.05) is 41.4 Å². The van der Waals surface area contributed by atoms with Gasteiger partial charge in [0.05, 0.1) is 5.56 Å². The Bertz CT molecular complexity index is 839. The zero-order chi connectivity index (χ0) is 15.6. The minimum Gasteiger partial charge on any atom is -0.338 e. The lowest BCUT2D eigenvalue weighted by Crippen LogP contribution is -2.28. The Morgan fingerprint density at radius 2 is 1.78 bits per heavy atom. The minimum absolute atomic E-state index is 0.0905. The van der Waals surface area contributed by atoms with E-state index in [9.17, 15) is 4.79 Å². The topological polar surface area (TPSA) is 33.2 Å². The number of carbonyl (C=O) groups is 1. The molecule has 0 N–H and O–H groups in total. The standard InChI is InChI=1S/C20H18N2O/c23-20(19-13-21-12-16-8-4-5-9-18(16)19)22-11-10-17(14-22)15-6-2-1-3-7-15/h1-9,12-13,17H,10-11,14H2. The van der Waals surface area contributed by atoms with Crippen molar-refractivity contribution in [1.82, 2.24) is 9.88 Å². The molecule has 0 saturated carbocycles. The van der Waals surface area contributed by atoms with E-state index in [1.54, 1.807) is 6.20 Å². The van der Waals surface area contributed by atoms with Crippen LogP contribution in [-0.4, -0.2) is 28.9 Å². The summed E-state index contributed by atoms with van der Waals surface area (Å²) in [6.07, 6.45) is 4.53. The summed E-state index contributed by atoms with van der Waals surface area (Å²) in [7, 11) is 0. The minimum atomic E-state index is 0.0905. The van der Waals surface area contributed by atoms with E-state index in [4.69, 9.17) is 0 Å². The van der Waals surface area contributed by atoms with Gasteiger partial charge in [0.15, 0.2) is 0 Å². The molecule has 1 unspecified atom stereocenters. The molecule has 114 valence electrons. The van der Waals surface area contributed by atoms with Crippen molar-refractivity contribution in [3.05, 3.63) is 78.1 Å². The molecule has 0 aliphatic carbocycles. The largest absolute Gasteiger partial charge is 0.338 e. The van der Waals surface area contributed by atoms with Crippen LogP contribution in [0.3, 0.4) is 0 Å². The molecule has 0 bridgehead atoms. The molecular formula is C20H18N2O. The second kappa shape index (κ2) is 5.84. The molecule has 3 heteroatoms. The van der Waals surface area contributed by atoms with Gasteiger partial charge in [-0.15, -0.1) is 0 Å². The number of pyridine rings is 1. The van der Waals surface area contributed by atoms with Crippen LogP contribution in [-0.2, 0) is 0 Å². The van der Waals surface area contributed by atoms with Crippen molar-refractivity contribution in [3.8, 4) is 0 Å². The third kappa shape index (κ3) is 2.59. The van der Waals surface area contributed by atoms with Crippen LogP contribution < -0.4 is 0 Å². The molecular weight excluding hydrogens is 284 g/mol. The van der Waals surface area contributed by atoms with Gasteiger partial charge < -0.3 is 4.90 Å². The van der Waals surface area contributed by atoms with Gasteiger partial charge in [0.25, 0.3) is 5.91 Å². The van der Waals surface area contributed by atoms with Gasteiger partial charge in [0, 0.05) is 36.8 Å². The van der Waals surface area contributed by atoms with E-state index in [-0.39, 0.29) is 5.91 Å². The maximum Gasteiger partial charge on any atom is 0.256 e. The van der Waals surface area contributed by atoms with E-state index in [0.717, 1.165) is 30.3 Å². The Morgan fingerprint density at radius 1 is 1.00 bits per heavy atom. The summed E-state index contributed by atoms with van der Waals surface area (Å²) < 4.78 is 0. The van der Waals surface area contributed by atoms with Crippen LogP contribution in [0.5, 0.6) is 0 Å². The summed E-state index contributed by atoms with van der Waals surface area (Å²) in [6, 6.07) is 18.4. The summed E-state index contributed by atoms with van der Waals surface area (Å²) in [5.74, 6) is 0.524. The van der Waals surface area contributed by atoms with Gasteiger partial charge in [-0.2, -0.15) is 0 Å². The van der Waals surface area contributed by atoms with E-state index in [0.29, 0.717) is 11.5 Å². The fourth-order valence-corrected chi connectivity index (χ4v) is 3.40. The summed E-state index contributed by atoms with van der Waals surface area (Å²) >= 11 is 0. The van der Waals surface area contributed by atoms with Crippen molar-refractivity contribution in [2.24, 2.45) is 0 Å². The molecule has 23 heavy (non-hydrogen) atoms. The molecule has 4 rings (SSSR count). The summed E-state index contributed by atoms with van der Waals surface area (Å²) in [6.45, 7) is 1.59. The number of carbonyl (C=O) groups excluding carboxylic acids is 1. The first-order valence-electron chi connectivity index (χ1n) is 8.00. The predicted molar refractivity (Wildman–Crippen MR) is 91.4 cm³/mol. The van der Waals surface area contributed by atoms with Gasteiger partial charge in [-0.25, -0.2) is 0 Å². The molecule has 3 nitrogen and oxygen atoms in total. The maximum atomic E-state index is 12.9. The molecule has 0 radical (unpaired) electrons. The highest BCUT2D eigenvalue weighted by Gasteiger charge is 2.28. The number of hydrogen-bond acceptors (Lipinski definition) is 2. The van der Waals surface area contributed by atoms with Crippen molar-refractivity contribution in [2.75, 3.05) is 13.1 Å². The zero-order valence-electron chi connectivity index (χ0n) is 12.9. The van der Waals surface area contributed by atoms with Crippen molar-refractivity contribution < 1.29 is 4.79 Å². The number of nitrogens with zero attached hydrogens (tertiary/aromatic N) is 2. The van der Waals surface area contributed by atoms with Crippen molar-refractivity contribution >= 4 is 16.7 Å². The number of amides is 1. The second-order valence-corrected chi connectivity index (χ2v) is 6.06. The average molecular weight is 302 g/mol. The molecule has 1 atom stereocenters. The van der Waals surface area contributed by atoms with E-state index < -0.39 is 0 Å². The average Bonchev–Trinajstić information content (AvgIpc) is 3.11. The second-order valence-electron chi connectivity index (χ2n) is 6.06. The van der Waals surface area contributed by atoms with Crippen LogP contribution >= 0.6 is 0 Å². The number of aromatic nitrogens is 1. The Balaban J connectivity index is 1.60. The fraction of sp³-hybridized carbons (Fsp3) is 0.200. The van der Waals surface area contributed by atoms with Crippen LogP contribution in [0.15, 0.2) is 67.0 Å². The predicted octanol–water partition coefficient (Wildman–Crippen LogP) is 3.86. The lowest BCUT2D eigenvalue weighted by molar-refractivity contribution is 0.0792. The highest BCUT2D eigenvalue weighted by atomic mass is 16.2. The first kappa shape index (κ1) is 13.9. The molecule has 2 heterocycles. The van der Waals surface area contributed by atoms with Crippen molar-refractivity contribution in [2.45, 2.75) is 12.3 Å². The van der Waals surface area contributed by atoms with Gasteiger partial charge in [-0.3, -0.25) is 9.78 Å². The molecule has 1 aliphatic rings. The van der Waals surface area contributed by atoms with Crippen LogP contribution in [0.4, 0.5) is 0 Å². The van der Waals surface area contributed by atoms with Crippen LogP contribution in [0.25, 0.3) is 10.8 Å². The molecule has 1 fully saturated rings. The SMILES string of the molecule is O=C(c1cncc2ccccc12)N1CCC(c2ccccc2)C1. The summed E-state index contributed by atoms with van der Waals surface area (Å²) in [5.41, 5.74) is 2.02. The zero-order valence-corrected chi connectivity index (χ0v) is 12.9. The number of benzene rings is 2. The Labute approximate surface area is 135 Å². The monoisotopic (exact) mass is 302 g/mol. The first-order chi connectivity index (χ1) is 11.3. The third-order valence-electron chi connectivity index (χ3n) is 4.65. The quantitative estimate of drug-likeness (QED) is 0.720. The Hall–Kier alpha value is -2.68. The summed E-state index contributed by atoms with van der Waals surface area (Å²) in [5, 5.41) is 1.99. The van der Waals surface area contributed by atoms with Crippen molar-refractivity contribution in [1.29, 1.82) is 0 Å². The number of likely N-dealkylation sites (tertiary alicyclic amines) is 1. The fourth-order valence-electron chi connectivity index (χ4n) is 3.40. The van der Waals surface area contributed by atoms with Gasteiger partial charge in [0.2, 0.25) is 0 Å². The number of hydrogen-bond donors (Lipinski definition) is 0. The highest BCUT2D eigenvalue weighted by Crippen LogP contribution is 2.29. The normalized spacial score (nSPS) is 17.6. The Morgan fingerprint density at radius 3 is 2.65 bits per heavy atom. The lowest BCUT2D eigenvalue weighted by Gasteiger charge is -2.17. The maximum absolute atomic E-state index is 12.9. The Kier molecular flexibility index (Phi) is 3.54. The number of fused-ring (bicyclic) bond motifs is 1. The number of rotatable bonds is 2. The van der Waals surface area contributed by atoms with Crippen LogP contribution in [0.2, 0.25) is 0 Å². The van der Waals surface area contributed by atoms with Crippen LogP contribution in [0.1, 0.15) is 28.3 Å². The molecule has 1 aromatic heterocycles. The van der Waals surface area contributed by atoms with E-state index in [1.165, 1.54) is 5.56 Å². The van der Waals surface area contributed by atoms with Gasteiger partial charge in [0.1, 0.15) is 0 Å². The van der Waals surface area contributed by atoms with E-state index >= 15 is 0 Å². The molecule has 1 amide bonds. The molecule has 1 saturated heterocycles. The van der Waals surface area contributed by atoms with Crippen LogP contribution in [0, 0.1) is 0 Å². The lowest BCUT2D eigenvalue weighted by atomic mass is 9.99. The first-order valence-corrected chi connectivity index (χ1v) is 8.00. The molecule has 0 spiro atoms. The highest BCUT2D eigenvalue weighted by molar-refractivity contribution is 6.06. The van der Waals surface area contributed by atoms with E-state index in [2.05, 4.69) is 29.2 Å². The molecule has 3 aromatic rings.